The van der Waals surface area contributed by atoms with Crippen molar-refractivity contribution in [3.05, 3.63) is 56.9 Å². The first kappa shape index (κ1) is 24.0. The number of nitrogens with two attached hydrogens (primary N) is 1. The van der Waals surface area contributed by atoms with Crippen molar-refractivity contribution in [2.24, 2.45) is 5.73 Å². The van der Waals surface area contributed by atoms with E-state index in [2.05, 4.69) is 0 Å². The molecule has 5 rings (SSSR count). The zero-order chi connectivity index (χ0) is 25.8. The molecule has 36 heavy (non-hydrogen) atoms. The molecule has 1 amide bonds. The second-order valence-electron chi connectivity index (χ2n) is 9.13. The predicted octanol–water partition coefficient (Wildman–Crippen LogP) is 2.03. The van der Waals surface area contributed by atoms with Gasteiger partial charge in [0.1, 0.15) is 12.4 Å². The van der Waals surface area contributed by atoms with Gasteiger partial charge in [0.15, 0.2) is 5.60 Å². The molecule has 1 aromatic carbocycles. The van der Waals surface area contributed by atoms with Gasteiger partial charge >= 0.3 is 12.1 Å². The maximum Gasteiger partial charge on any atom is 0.415 e. The molecule has 188 valence electrons. The number of fused-ring (bicyclic) bond motifs is 5. The van der Waals surface area contributed by atoms with Crippen LogP contribution in [0.2, 0.25) is 0 Å². The monoisotopic (exact) mass is 492 g/mol. The number of esters is 1. The van der Waals surface area contributed by atoms with Crippen LogP contribution in [0.3, 0.4) is 0 Å². The third-order valence-electron chi connectivity index (χ3n) is 7.11. The number of hydrogen-bond donors (Lipinski definition) is 2. The quantitative estimate of drug-likeness (QED) is 0.404. The van der Waals surface area contributed by atoms with Crippen LogP contribution in [0.1, 0.15) is 42.5 Å². The van der Waals surface area contributed by atoms with Crippen molar-refractivity contribution in [1.82, 2.24) is 14.5 Å². The van der Waals surface area contributed by atoms with Crippen LogP contribution in [-0.4, -0.2) is 51.8 Å². The fraction of sp³-hybridized carbons (Fsp3) is 0.385. The van der Waals surface area contributed by atoms with Crippen molar-refractivity contribution >= 4 is 23.0 Å². The van der Waals surface area contributed by atoms with Gasteiger partial charge in [-0.25, -0.2) is 14.6 Å². The summed E-state index contributed by atoms with van der Waals surface area (Å²) in [4.78, 5) is 44.4. The minimum atomic E-state index is -1.87. The Labute approximate surface area is 207 Å². The first-order valence-corrected chi connectivity index (χ1v) is 12.0. The zero-order valence-corrected chi connectivity index (χ0v) is 20.5. The van der Waals surface area contributed by atoms with Gasteiger partial charge < -0.3 is 29.8 Å². The highest BCUT2D eigenvalue weighted by Gasteiger charge is 2.45. The summed E-state index contributed by atoms with van der Waals surface area (Å²) in [6.07, 6.45) is 0.244. The van der Waals surface area contributed by atoms with Crippen LogP contribution in [-0.2, 0) is 34.7 Å². The van der Waals surface area contributed by atoms with Gasteiger partial charge in [-0.3, -0.25) is 4.79 Å². The van der Waals surface area contributed by atoms with Crippen LogP contribution in [0.15, 0.2) is 29.1 Å². The maximum absolute atomic E-state index is 13.4. The normalized spacial score (nSPS) is 17.9. The number of carbonyl (C=O) groups excluding carboxylic acids is 2. The molecule has 0 radical (unpaired) electrons. The van der Waals surface area contributed by atoms with Crippen molar-refractivity contribution in [2.45, 2.75) is 45.4 Å². The molecule has 0 unspecified atom stereocenters. The van der Waals surface area contributed by atoms with Gasteiger partial charge in [0.2, 0.25) is 0 Å². The zero-order valence-electron chi connectivity index (χ0n) is 20.5. The first-order valence-electron chi connectivity index (χ1n) is 12.0. The summed E-state index contributed by atoms with van der Waals surface area (Å²) < 4.78 is 12.3. The van der Waals surface area contributed by atoms with Crippen LogP contribution in [0.5, 0.6) is 5.75 Å². The summed E-state index contributed by atoms with van der Waals surface area (Å²) in [5.74, 6) is -0.361. The molecule has 4 heterocycles. The minimum Gasteiger partial charge on any atom is -0.458 e. The lowest BCUT2D eigenvalue weighted by Crippen LogP contribution is -2.44. The number of rotatable bonds is 5. The smallest absolute Gasteiger partial charge is 0.415 e. The molecule has 2 aliphatic rings. The van der Waals surface area contributed by atoms with Crippen LogP contribution in [0, 0.1) is 0 Å². The fourth-order valence-electron chi connectivity index (χ4n) is 5.07. The molecule has 0 aliphatic carbocycles. The number of benzene rings is 1. The molecule has 0 fully saturated rings. The van der Waals surface area contributed by atoms with E-state index >= 15 is 0 Å². The number of likely N-dealkylation sites (N-methyl/N-ethyl adjacent to an activating group) is 1. The highest BCUT2D eigenvalue weighted by Crippen LogP contribution is 2.40. The first-order chi connectivity index (χ1) is 17.2. The Morgan fingerprint density at radius 2 is 2.06 bits per heavy atom. The molecule has 10 nitrogen and oxygen atoms in total. The number of carbonyl (C=O) groups is 2. The molecule has 0 saturated heterocycles. The standard InChI is InChI=1S/C26H28N4O6/c1-4-15-16-10-14(36-25(33)29(3)9-8-27)6-7-20(16)28-22-17(15)12-30-21(22)11-19-18(23(30)31)13-35-24(32)26(19,34)5-2/h6-7,10-11,34H,4-5,8-9,12-13,27H2,1-3H3/t26-/m0/s1. The Morgan fingerprint density at radius 1 is 1.28 bits per heavy atom. The van der Waals surface area contributed by atoms with E-state index in [9.17, 15) is 19.5 Å². The highest BCUT2D eigenvalue weighted by molar-refractivity contribution is 5.90. The van der Waals surface area contributed by atoms with Gasteiger partial charge in [-0.1, -0.05) is 13.8 Å². The molecule has 3 N–H and O–H groups in total. The Balaban J connectivity index is 1.64. The second kappa shape index (κ2) is 8.72. The number of aryl methyl sites for hydroxylation is 1. The number of pyridine rings is 2. The summed E-state index contributed by atoms with van der Waals surface area (Å²) in [5.41, 5.74) is 7.69. The van der Waals surface area contributed by atoms with Crippen molar-refractivity contribution in [2.75, 3.05) is 20.1 Å². The molecule has 10 heteroatoms. The number of nitrogens with zero attached hydrogens (tertiary/aromatic N) is 3. The minimum absolute atomic E-state index is 0.0852. The third-order valence-corrected chi connectivity index (χ3v) is 7.11. The van der Waals surface area contributed by atoms with Gasteiger partial charge in [-0.15, -0.1) is 0 Å². The lowest BCUT2D eigenvalue weighted by Gasteiger charge is -2.31. The van der Waals surface area contributed by atoms with Gasteiger partial charge in [0.05, 0.1) is 29.0 Å². The molecule has 3 aromatic rings. The number of hydrogen-bond acceptors (Lipinski definition) is 8. The van der Waals surface area contributed by atoms with Crippen LogP contribution < -0.4 is 16.0 Å². The van der Waals surface area contributed by atoms with E-state index in [1.54, 1.807) is 42.8 Å². The second-order valence-corrected chi connectivity index (χ2v) is 9.13. The molecule has 2 aliphatic heterocycles. The lowest BCUT2D eigenvalue weighted by atomic mass is 9.86. The van der Waals surface area contributed by atoms with Gasteiger partial charge in [-0.2, -0.15) is 0 Å². The van der Waals surface area contributed by atoms with Crippen molar-refractivity contribution < 1.29 is 24.2 Å². The molecule has 0 spiro atoms. The van der Waals surface area contributed by atoms with Gasteiger partial charge in [0, 0.05) is 36.7 Å². The average Bonchev–Trinajstić information content (AvgIpc) is 3.24. The molecular formula is C26H28N4O6. The van der Waals surface area contributed by atoms with E-state index in [4.69, 9.17) is 20.2 Å². The predicted molar refractivity (Wildman–Crippen MR) is 132 cm³/mol. The number of cyclic esters (lactones) is 1. The Hall–Kier alpha value is -3.76. The molecule has 2 aromatic heterocycles. The summed E-state index contributed by atoms with van der Waals surface area (Å²) in [6, 6.07) is 6.94. The van der Waals surface area contributed by atoms with Crippen LogP contribution >= 0.6 is 0 Å². The van der Waals surface area contributed by atoms with Gasteiger partial charge in [-0.05, 0) is 42.7 Å². The fourth-order valence-corrected chi connectivity index (χ4v) is 5.07. The lowest BCUT2D eigenvalue weighted by molar-refractivity contribution is -0.172. The Bertz CT molecular complexity index is 1480. The Kier molecular flexibility index (Phi) is 5.80. The number of ether oxygens (including phenoxy) is 2. The van der Waals surface area contributed by atoms with E-state index in [1.165, 1.54) is 4.90 Å². The summed E-state index contributed by atoms with van der Waals surface area (Å²) >= 11 is 0. The van der Waals surface area contributed by atoms with E-state index < -0.39 is 17.7 Å². The maximum atomic E-state index is 13.4. The Morgan fingerprint density at radius 3 is 2.75 bits per heavy atom. The molecule has 0 bridgehead atoms. The van der Waals surface area contributed by atoms with Crippen LogP contribution in [0.4, 0.5) is 4.79 Å². The summed E-state index contributed by atoms with van der Waals surface area (Å²) in [6.45, 7) is 4.54. The number of aromatic nitrogens is 2. The van der Waals surface area contributed by atoms with E-state index in [0.29, 0.717) is 48.7 Å². The molecular weight excluding hydrogens is 464 g/mol. The summed E-state index contributed by atoms with van der Waals surface area (Å²) in [5, 5.41) is 11.9. The average molecular weight is 493 g/mol. The molecule has 1 atom stereocenters. The number of aliphatic hydroxyl groups is 1. The SMILES string of the molecule is CCc1c2c(nc3ccc(OC(=O)N(C)CCN)cc13)-c1cc3c(c(=O)n1C2)COC(=O)[C@]3(O)CC. The van der Waals surface area contributed by atoms with Crippen molar-refractivity contribution in [3.8, 4) is 17.1 Å². The highest BCUT2D eigenvalue weighted by atomic mass is 16.6. The van der Waals surface area contributed by atoms with E-state index in [-0.39, 0.29) is 29.7 Å². The van der Waals surface area contributed by atoms with Crippen molar-refractivity contribution in [1.29, 1.82) is 0 Å². The largest absolute Gasteiger partial charge is 0.458 e. The molecule has 0 saturated carbocycles. The third kappa shape index (κ3) is 3.48. The van der Waals surface area contributed by atoms with E-state index in [0.717, 1.165) is 16.5 Å². The van der Waals surface area contributed by atoms with E-state index in [1.807, 2.05) is 6.92 Å². The van der Waals surface area contributed by atoms with Crippen molar-refractivity contribution in [3.63, 3.8) is 0 Å². The summed E-state index contributed by atoms with van der Waals surface area (Å²) in [7, 11) is 1.62. The van der Waals surface area contributed by atoms with Gasteiger partial charge in [0.25, 0.3) is 5.56 Å². The number of amides is 1. The topological polar surface area (TPSA) is 137 Å². The van der Waals surface area contributed by atoms with Crippen LogP contribution in [0.25, 0.3) is 22.3 Å².